The fraction of sp³-hybridized carbons (Fsp3) is 0.105. The van der Waals surface area contributed by atoms with Crippen molar-refractivity contribution in [2.45, 2.75) is 11.1 Å². The van der Waals surface area contributed by atoms with Gasteiger partial charge in [-0.3, -0.25) is 19.2 Å². The van der Waals surface area contributed by atoms with E-state index in [2.05, 4.69) is 5.32 Å². The van der Waals surface area contributed by atoms with Crippen LogP contribution in [0.25, 0.3) is 0 Å². The largest absolute Gasteiger partial charge is 0.321 e. The SMILES string of the molecule is Cc1c(NC(=O)c2ccc(N(C)S(=O)(=O)c3cccs3)cc2)cccc1[N+](=O)[O-]. The van der Waals surface area contributed by atoms with E-state index in [1.54, 1.807) is 24.4 Å². The molecular weight excluding hydrogens is 414 g/mol. The lowest BCUT2D eigenvalue weighted by molar-refractivity contribution is -0.385. The summed E-state index contributed by atoms with van der Waals surface area (Å²) in [6.07, 6.45) is 0. The third-order valence-corrected chi connectivity index (χ3v) is 7.51. The Morgan fingerprint density at radius 3 is 2.38 bits per heavy atom. The molecule has 2 aromatic carbocycles. The predicted octanol–water partition coefficient (Wildman–Crippen LogP) is 4.04. The second-order valence-corrected chi connectivity index (χ2v) is 9.26. The van der Waals surface area contributed by atoms with Crippen molar-refractivity contribution in [3.8, 4) is 0 Å². The molecule has 0 aliphatic rings. The molecule has 0 radical (unpaired) electrons. The average Bonchev–Trinajstić information content (AvgIpc) is 3.24. The molecule has 0 aliphatic carbocycles. The Kier molecular flexibility index (Phi) is 5.66. The van der Waals surface area contributed by atoms with Crippen molar-refractivity contribution in [1.29, 1.82) is 0 Å². The molecule has 8 nitrogen and oxygen atoms in total. The highest BCUT2D eigenvalue weighted by Gasteiger charge is 2.22. The van der Waals surface area contributed by atoms with Crippen LogP contribution in [-0.4, -0.2) is 26.3 Å². The monoisotopic (exact) mass is 431 g/mol. The summed E-state index contributed by atoms with van der Waals surface area (Å²) in [5.74, 6) is -0.455. The van der Waals surface area contributed by atoms with Gasteiger partial charge in [0.15, 0.2) is 0 Å². The number of sulfonamides is 1. The quantitative estimate of drug-likeness (QED) is 0.468. The molecule has 0 spiro atoms. The van der Waals surface area contributed by atoms with Gasteiger partial charge in [0.25, 0.3) is 21.6 Å². The second kappa shape index (κ2) is 8.02. The molecule has 150 valence electrons. The summed E-state index contributed by atoms with van der Waals surface area (Å²) < 4.78 is 26.5. The van der Waals surface area contributed by atoms with E-state index in [1.807, 2.05) is 0 Å². The summed E-state index contributed by atoms with van der Waals surface area (Å²) in [6, 6.07) is 13.7. The number of hydrogen-bond acceptors (Lipinski definition) is 6. The van der Waals surface area contributed by atoms with Crippen molar-refractivity contribution in [2.75, 3.05) is 16.7 Å². The van der Waals surface area contributed by atoms with Gasteiger partial charge in [-0.15, -0.1) is 11.3 Å². The standard InChI is InChI=1S/C19H17N3O5S2/c1-13-16(5-3-6-17(13)22(24)25)20-19(23)14-8-10-15(11-9-14)21(2)29(26,27)18-7-4-12-28-18/h3-12H,1-2H3,(H,20,23). The van der Waals surface area contributed by atoms with Gasteiger partial charge in [-0.25, -0.2) is 8.42 Å². The van der Waals surface area contributed by atoms with Crippen LogP contribution in [-0.2, 0) is 10.0 Å². The summed E-state index contributed by atoms with van der Waals surface area (Å²) in [4.78, 5) is 23.0. The lowest BCUT2D eigenvalue weighted by Gasteiger charge is -2.18. The fourth-order valence-electron chi connectivity index (χ4n) is 2.66. The van der Waals surface area contributed by atoms with Crippen molar-refractivity contribution < 1.29 is 18.1 Å². The van der Waals surface area contributed by atoms with E-state index >= 15 is 0 Å². The molecule has 10 heteroatoms. The maximum atomic E-state index is 12.6. The van der Waals surface area contributed by atoms with Crippen LogP contribution in [0.4, 0.5) is 17.1 Å². The van der Waals surface area contributed by atoms with Gasteiger partial charge in [-0.05, 0) is 48.7 Å². The molecule has 1 N–H and O–H groups in total. The summed E-state index contributed by atoms with van der Waals surface area (Å²) >= 11 is 1.12. The van der Waals surface area contributed by atoms with E-state index in [9.17, 15) is 23.3 Å². The maximum absolute atomic E-state index is 12.6. The van der Waals surface area contributed by atoms with Gasteiger partial charge >= 0.3 is 0 Å². The van der Waals surface area contributed by atoms with Crippen molar-refractivity contribution >= 4 is 44.3 Å². The molecule has 1 amide bonds. The molecule has 3 rings (SSSR count). The minimum atomic E-state index is -3.66. The van der Waals surface area contributed by atoms with Crippen LogP contribution in [0, 0.1) is 17.0 Å². The van der Waals surface area contributed by atoms with Gasteiger partial charge in [-0.2, -0.15) is 0 Å². The summed E-state index contributed by atoms with van der Waals surface area (Å²) in [7, 11) is -2.22. The van der Waals surface area contributed by atoms with Crippen LogP contribution >= 0.6 is 11.3 Å². The zero-order chi connectivity index (χ0) is 21.2. The molecule has 1 heterocycles. The second-order valence-electron chi connectivity index (χ2n) is 6.11. The Balaban J connectivity index is 1.79. The number of nitrogens with one attached hydrogen (secondary N) is 1. The minimum absolute atomic E-state index is 0.0847. The highest BCUT2D eigenvalue weighted by atomic mass is 32.2. The molecule has 0 saturated heterocycles. The number of nitrogens with zero attached hydrogens (tertiary/aromatic N) is 2. The fourth-order valence-corrected chi connectivity index (χ4v) is 5.01. The van der Waals surface area contributed by atoms with Gasteiger partial charge in [0.2, 0.25) is 0 Å². The third kappa shape index (κ3) is 4.13. The number of nitro groups is 1. The van der Waals surface area contributed by atoms with E-state index in [1.165, 1.54) is 49.5 Å². The smallest absolute Gasteiger partial charge is 0.274 e. The topological polar surface area (TPSA) is 110 Å². The zero-order valence-electron chi connectivity index (χ0n) is 15.5. The molecule has 3 aromatic rings. The molecule has 0 atom stereocenters. The van der Waals surface area contributed by atoms with Gasteiger partial charge in [0, 0.05) is 18.7 Å². The van der Waals surface area contributed by atoms with Crippen LogP contribution in [0.1, 0.15) is 15.9 Å². The summed E-state index contributed by atoms with van der Waals surface area (Å²) in [5.41, 5.74) is 1.30. The van der Waals surface area contributed by atoms with Crippen LogP contribution in [0.2, 0.25) is 0 Å². The van der Waals surface area contributed by atoms with Gasteiger partial charge in [0.1, 0.15) is 4.21 Å². The van der Waals surface area contributed by atoms with Gasteiger partial charge in [0.05, 0.1) is 21.9 Å². The number of nitro benzene ring substituents is 1. The molecule has 0 bridgehead atoms. The number of hydrogen-bond donors (Lipinski definition) is 1. The number of carbonyl (C=O) groups excluding carboxylic acids is 1. The minimum Gasteiger partial charge on any atom is -0.321 e. The van der Waals surface area contributed by atoms with E-state index in [0.29, 0.717) is 22.5 Å². The van der Waals surface area contributed by atoms with Gasteiger partial charge < -0.3 is 5.32 Å². The lowest BCUT2D eigenvalue weighted by Crippen LogP contribution is -2.25. The van der Waals surface area contributed by atoms with Crippen LogP contribution in [0.5, 0.6) is 0 Å². The Bertz CT molecular complexity index is 1160. The predicted molar refractivity (Wildman–Crippen MR) is 112 cm³/mol. The summed E-state index contributed by atoms with van der Waals surface area (Å²) in [5, 5.41) is 15.4. The van der Waals surface area contributed by atoms with Crippen molar-refractivity contribution in [1.82, 2.24) is 0 Å². The number of benzene rings is 2. The first-order chi connectivity index (χ1) is 13.7. The molecular formula is C19H17N3O5S2. The molecule has 0 unspecified atom stereocenters. The van der Waals surface area contributed by atoms with Crippen molar-refractivity contribution in [2.24, 2.45) is 0 Å². The Morgan fingerprint density at radius 2 is 1.79 bits per heavy atom. The first-order valence-electron chi connectivity index (χ1n) is 8.39. The number of carbonyl (C=O) groups is 1. The number of rotatable bonds is 6. The van der Waals surface area contributed by atoms with Crippen molar-refractivity contribution in [3.05, 3.63) is 81.2 Å². The zero-order valence-corrected chi connectivity index (χ0v) is 17.2. The molecule has 1 aromatic heterocycles. The van der Waals surface area contributed by atoms with E-state index in [-0.39, 0.29) is 9.90 Å². The molecule has 29 heavy (non-hydrogen) atoms. The van der Waals surface area contributed by atoms with Crippen LogP contribution in [0.3, 0.4) is 0 Å². The first kappa shape index (κ1) is 20.5. The first-order valence-corrected chi connectivity index (χ1v) is 10.7. The Hall–Kier alpha value is -3.24. The Labute approximate surface area is 171 Å². The van der Waals surface area contributed by atoms with Crippen molar-refractivity contribution in [3.63, 3.8) is 0 Å². The lowest BCUT2D eigenvalue weighted by atomic mass is 10.1. The maximum Gasteiger partial charge on any atom is 0.274 e. The number of anilines is 2. The highest BCUT2D eigenvalue weighted by molar-refractivity contribution is 7.94. The normalized spacial score (nSPS) is 11.1. The highest BCUT2D eigenvalue weighted by Crippen LogP contribution is 2.27. The van der Waals surface area contributed by atoms with E-state index in [0.717, 1.165) is 15.6 Å². The molecule has 0 saturated carbocycles. The summed E-state index contributed by atoms with van der Waals surface area (Å²) in [6.45, 7) is 1.56. The third-order valence-electron chi connectivity index (χ3n) is 4.35. The molecule has 0 aliphatic heterocycles. The average molecular weight is 431 g/mol. The Morgan fingerprint density at radius 1 is 1.10 bits per heavy atom. The number of amides is 1. The number of thiophene rings is 1. The molecule has 0 fully saturated rings. The van der Waals surface area contributed by atoms with E-state index < -0.39 is 20.9 Å². The van der Waals surface area contributed by atoms with Gasteiger partial charge in [-0.1, -0.05) is 12.1 Å². The van der Waals surface area contributed by atoms with E-state index in [4.69, 9.17) is 0 Å². The van der Waals surface area contributed by atoms with Crippen LogP contribution in [0.15, 0.2) is 64.2 Å². The van der Waals surface area contributed by atoms with Crippen LogP contribution < -0.4 is 9.62 Å².